The van der Waals surface area contributed by atoms with Crippen LogP contribution in [-0.2, 0) is 4.84 Å². The molecule has 5 nitrogen and oxygen atoms in total. The zero-order valence-corrected chi connectivity index (χ0v) is 11.7. The van der Waals surface area contributed by atoms with E-state index in [1.165, 1.54) is 26.0 Å². The van der Waals surface area contributed by atoms with Crippen LogP contribution < -0.4 is 9.96 Å². The molecule has 0 saturated carbocycles. The molecular weight excluding hydrogens is 268 g/mol. The first-order chi connectivity index (χ1) is 9.20. The maximum atomic E-state index is 11.3. The molecule has 0 radical (unpaired) electrons. The Morgan fingerprint density at radius 1 is 1.37 bits per heavy atom. The molecule has 0 N–H and O–H groups in total. The second kappa shape index (κ2) is 6.96. The third kappa shape index (κ3) is 3.98. The van der Waals surface area contributed by atoms with Crippen molar-refractivity contribution >= 4 is 17.3 Å². The van der Waals surface area contributed by atoms with Gasteiger partial charge in [-0.3, -0.25) is 9.74 Å². The molecule has 6 heteroatoms. The Bertz CT molecular complexity index is 411. The van der Waals surface area contributed by atoms with Crippen LogP contribution >= 0.6 is 11.6 Å². The lowest BCUT2D eigenvalue weighted by Crippen LogP contribution is -2.25. The third-order valence-corrected chi connectivity index (χ3v) is 3.45. The Morgan fingerprint density at radius 3 is 2.74 bits per heavy atom. The van der Waals surface area contributed by atoms with Gasteiger partial charge in [0.1, 0.15) is 12.4 Å². The topological polar surface area (TPSA) is 48.0 Å². The molecule has 0 unspecified atom stereocenters. The standard InChI is InChI=1S/C13H18ClN2O3/c1-18-16(17)11-4-5-13(12(14)10-11)19-9-8-15-6-2-3-7-15/h4-5,10H,2-3,6-9H2,1H3/q-1. The van der Waals surface area contributed by atoms with E-state index in [0.29, 0.717) is 28.3 Å². The van der Waals surface area contributed by atoms with Crippen LogP contribution in [0.3, 0.4) is 0 Å². The largest absolute Gasteiger partial charge is 0.733 e. The van der Waals surface area contributed by atoms with Crippen LogP contribution in [0.25, 0.3) is 0 Å². The second-order valence-corrected chi connectivity index (χ2v) is 4.86. The molecule has 0 aromatic heterocycles. The number of likely N-dealkylation sites (tertiary alicyclic amines) is 1. The molecule has 1 fully saturated rings. The van der Waals surface area contributed by atoms with E-state index in [4.69, 9.17) is 16.3 Å². The van der Waals surface area contributed by atoms with Crippen LogP contribution in [0.2, 0.25) is 5.02 Å². The summed E-state index contributed by atoms with van der Waals surface area (Å²) in [6.45, 7) is 3.80. The van der Waals surface area contributed by atoms with E-state index in [1.807, 2.05) is 0 Å². The molecule has 0 aliphatic carbocycles. The van der Waals surface area contributed by atoms with E-state index in [1.54, 1.807) is 12.1 Å². The fourth-order valence-electron chi connectivity index (χ4n) is 2.12. The molecule has 0 atom stereocenters. The Balaban J connectivity index is 1.86. The zero-order chi connectivity index (χ0) is 13.7. The van der Waals surface area contributed by atoms with Gasteiger partial charge in [0, 0.05) is 6.54 Å². The van der Waals surface area contributed by atoms with Crippen LogP contribution in [0.4, 0.5) is 5.69 Å². The SMILES string of the molecule is CON([O-])c1ccc(OCCN2CCCC2)c(Cl)c1. The van der Waals surface area contributed by atoms with E-state index in [0.717, 1.165) is 19.6 Å². The number of hydrogen-bond donors (Lipinski definition) is 0. The van der Waals surface area contributed by atoms with Crippen molar-refractivity contribution in [2.45, 2.75) is 12.8 Å². The summed E-state index contributed by atoms with van der Waals surface area (Å²) in [4.78, 5) is 6.92. The zero-order valence-electron chi connectivity index (χ0n) is 11.0. The quantitative estimate of drug-likeness (QED) is 0.752. The van der Waals surface area contributed by atoms with Crippen molar-refractivity contribution in [3.63, 3.8) is 0 Å². The van der Waals surface area contributed by atoms with Crippen molar-refractivity contribution in [2.24, 2.45) is 0 Å². The smallest absolute Gasteiger partial charge is 0.138 e. The highest BCUT2D eigenvalue weighted by Crippen LogP contribution is 2.29. The molecule has 0 spiro atoms. The minimum absolute atomic E-state index is 0.347. The normalized spacial score (nSPS) is 15.7. The van der Waals surface area contributed by atoms with Gasteiger partial charge in [-0.25, -0.2) is 0 Å². The van der Waals surface area contributed by atoms with Crippen molar-refractivity contribution in [3.05, 3.63) is 28.4 Å². The summed E-state index contributed by atoms with van der Waals surface area (Å²) < 4.78 is 5.63. The number of rotatable bonds is 6. The summed E-state index contributed by atoms with van der Waals surface area (Å²) in [5.74, 6) is 0.592. The van der Waals surface area contributed by atoms with Gasteiger partial charge in [-0.2, -0.15) is 0 Å². The predicted octanol–water partition coefficient (Wildman–Crippen LogP) is 2.68. The second-order valence-electron chi connectivity index (χ2n) is 4.45. The van der Waals surface area contributed by atoms with Crippen molar-refractivity contribution in [1.29, 1.82) is 0 Å². The van der Waals surface area contributed by atoms with Gasteiger partial charge in [0.2, 0.25) is 0 Å². The Labute approximate surface area is 118 Å². The molecule has 2 rings (SSSR count). The average Bonchev–Trinajstić information content (AvgIpc) is 2.93. The lowest BCUT2D eigenvalue weighted by molar-refractivity contribution is 0.197. The van der Waals surface area contributed by atoms with Gasteiger partial charge < -0.3 is 15.2 Å². The molecule has 1 aliphatic heterocycles. The first-order valence-corrected chi connectivity index (χ1v) is 6.74. The lowest BCUT2D eigenvalue weighted by atomic mass is 10.3. The minimum Gasteiger partial charge on any atom is -0.733 e. The number of benzene rings is 1. The summed E-state index contributed by atoms with van der Waals surface area (Å²) in [5, 5.41) is 12.1. The van der Waals surface area contributed by atoms with Crippen molar-refractivity contribution < 1.29 is 9.57 Å². The predicted molar refractivity (Wildman–Crippen MR) is 75.5 cm³/mol. The van der Waals surface area contributed by atoms with Crippen molar-refractivity contribution in [3.8, 4) is 5.75 Å². The van der Waals surface area contributed by atoms with Gasteiger partial charge in [-0.05, 0) is 44.1 Å². The number of anilines is 1. The highest BCUT2D eigenvalue weighted by atomic mass is 35.5. The van der Waals surface area contributed by atoms with Gasteiger partial charge in [-0.1, -0.05) is 11.6 Å². The third-order valence-electron chi connectivity index (χ3n) is 3.16. The fourth-order valence-corrected chi connectivity index (χ4v) is 2.35. The number of nitrogens with zero attached hydrogens (tertiary/aromatic N) is 2. The average molecular weight is 286 g/mol. The van der Waals surface area contributed by atoms with Crippen LogP contribution in [0.5, 0.6) is 5.75 Å². The van der Waals surface area contributed by atoms with E-state index in [-0.39, 0.29) is 0 Å². The summed E-state index contributed by atoms with van der Waals surface area (Å²) in [6.07, 6.45) is 2.54. The molecule has 19 heavy (non-hydrogen) atoms. The molecular formula is C13H18ClN2O3-. The first-order valence-electron chi connectivity index (χ1n) is 6.37. The van der Waals surface area contributed by atoms with E-state index >= 15 is 0 Å². The molecule has 1 aromatic rings. The summed E-state index contributed by atoms with van der Waals surface area (Å²) in [7, 11) is 1.31. The van der Waals surface area contributed by atoms with E-state index in [2.05, 4.69) is 9.74 Å². The van der Waals surface area contributed by atoms with Gasteiger partial charge >= 0.3 is 0 Å². The highest BCUT2D eigenvalue weighted by molar-refractivity contribution is 6.32. The highest BCUT2D eigenvalue weighted by Gasteiger charge is 2.11. The Morgan fingerprint density at radius 2 is 2.11 bits per heavy atom. The fraction of sp³-hybridized carbons (Fsp3) is 0.538. The van der Waals surface area contributed by atoms with Gasteiger partial charge in [0.15, 0.2) is 0 Å². The van der Waals surface area contributed by atoms with E-state index in [9.17, 15) is 5.21 Å². The molecule has 1 heterocycles. The summed E-state index contributed by atoms with van der Waals surface area (Å²) in [5.41, 5.74) is 0.347. The Kier molecular flexibility index (Phi) is 5.27. The van der Waals surface area contributed by atoms with Crippen LogP contribution in [-0.4, -0.2) is 38.3 Å². The van der Waals surface area contributed by atoms with Gasteiger partial charge in [0.05, 0.1) is 17.8 Å². The molecule has 0 amide bonds. The van der Waals surface area contributed by atoms with Crippen LogP contribution in [0.1, 0.15) is 12.8 Å². The monoisotopic (exact) mass is 285 g/mol. The molecule has 1 aromatic carbocycles. The van der Waals surface area contributed by atoms with Gasteiger partial charge in [0.25, 0.3) is 0 Å². The first kappa shape index (κ1) is 14.4. The number of halogens is 1. The summed E-state index contributed by atoms with van der Waals surface area (Å²) in [6, 6.07) is 4.84. The Hall–Kier alpha value is -1.01. The molecule has 0 bridgehead atoms. The van der Waals surface area contributed by atoms with E-state index < -0.39 is 0 Å². The number of ether oxygens (including phenoxy) is 1. The maximum absolute atomic E-state index is 11.3. The minimum atomic E-state index is 0.347. The van der Waals surface area contributed by atoms with Crippen LogP contribution in [0, 0.1) is 5.21 Å². The lowest BCUT2D eigenvalue weighted by Gasteiger charge is -2.27. The molecule has 1 aliphatic rings. The van der Waals surface area contributed by atoms with Gasteiger partial charge in [-0.15, -0.1) is 0 Å². The molecule has 106 valence electrons. The van der Waals surface area contributed by atoms with Crippen LogP contribution in [0.15, 0.2) is 18.2 Å². The van der Waals surface area contributed by atoms with Crippen molar-refractivity contribution in [2.75, 3.05) is 38.6 Å². The van der Waals surface area contributed by atoms with Crippen molar-refractivity contribution in [1.82, 2.24) is 4.90 Å². The summed E-state index contributed by atoms with van der Waals surface area (Å²) >= 11 is 6.07. The number of hydrogen-bond acceptors (Lipinski definition) is 5. The maximum Gasteiger partial charge on any atom is 0.138 e. The molecule has 1 saturated heterocycles.